The molecular formula is C22H26O11. The first kappa shape index (κ1) is 23.4. The van der Waals surface area contributed by atoms with Crippen LogP contribution in [0.1, 0.15) is 17.2 Å². The zero-order valence-electron chi connectivity index (χ0n) is 17.6. The molecule has 11 heteroatoms. The van der Waals surface area contributed by atoms with E-state index in [1.165, 1.54) is 31.4 Å². The highest BCUT2D eigenvalue weighted by atomic mass is 16.7. The van der Waals surface area contributed by atoms with Crippen molar-refractivity contribution in [2.75, 3.05) is 13.7 Å². The van der Waals surface area contributed by atoms with Crippen LogP contribution in [-0.4, -0.2) is 86.3 Å². The summed E-state index contributed by atoms with van der Waals surface area (Å²) in [5, 5.41) is 70.5. The van der Waals surface area contributed by atoms with Crippen molar-refractivity contribution in [1.29, 1.82) is 0 Å². The van der Waals surface area contributed by atoms with Gasteiger partial charge >= 0.3 is 0 Å². The predicted octanol–water partition coefficient (Wildman–Crippen LogP) is -0.678. The monoisotopic (exact) mass is 466 g/mol. The third-order valence-electron chi connectivity index (χ3n) is 5.79. The molecular weight excluding hydrogens is 440 g/mol. The number of methoxy groups -OCH3 is 1. The maximum atomic E-state index is 10.8. The third kappa shape index (κ3) is 4.38. The van der Waals surface area contributed by atoms with E-state index < -0.39 is 49.5 Å². The number of phenolic OH excluding ortho intramolecular Hbond substituents is 2. The van der Waals surface area contributed by atoms with Gasteiger partial charge in [-0.3, -0.25) is 0 Å². The van der Waals surface area contributed by atoms with Crippen molar-refractivity contribution in [3.63, 3.8) is 0 Å². The van der Waals surface area contributed by atoms with Crippen LogP contribution in [0.2, 0.25) is 0 Å². The molecule has 0 spiro atoms. The van der Waals surface area contributed by atoms with E-state index in [1.807, 2.05) is 0 Å². The Bertz CT molecular complexity index is 995. The van der Waals surface area contributed by atoms with Gasteiger partial charge in [0.25, 0.3) is 0 Å². The summed E-state index contributed by atoms with van der Waals surface area (Å²) in [5.74, 6) is 0.113. The van der Waals surface area contributed by atoms with E-state index in [0.717, 1.165) is 0 Å². The van der Waals surface area contributed by atoms with Crippen molar-refractivity contribution in [1.82, 2.24) is 0 Å². The lowest BCUT2D eigenvalue weighted by Gasteiger charge is -2.40. The molecule has 1 fully saturated rings. The molecule has 0 radical (unpaired) electrons. The van der Waals surface area contributed by atoms with Crippen molar-refractivity contribution in [3.8, 4) is 28.7 Å². The van der Waals surface area contributed by atoms with E-state index >= 15 is 0 Å². The van der Waals surface area contributed by atoms with Gasteiger partial charge in [0.2, 0.25) is 6.29 Å². The number of phenols is 2. The van der Waals surface area contributed by atoms with E-state index in [-0.39, 0.29) is 35.2 Å². The van der Waals surface area contributed by atoms with Crippen LogP contribution < -0.4 is 14.2 Å². The molecule has 2 heterocycles. The van der Waals surface area contributed by atoms with Crippen molar-refractivity contribution < 1.29 is 54.7 Å². The summed E-state index contributed by atoms with van der Waals surface area (Å²) < 4.78 is 22.0. The van der Waals surface area contributed by atoms with Gasteiger partial charge in [-0.05, 0) is 17.7 Å². The van der Waals surface area contributed by atoms with E-state index in [1.54, 1.807) is 6.07 Å². The lowest BCUT2D eigenvalue weighted by atomic mass is 9.93. The average molecular weight is 466 g/mol. The Labute approximate surface area is 188 Å². The quantitative estimate of drug-likeness (QED) is 0.297. The molecule has 0 saturated carbocycles. The second-order valence-corrected chi connectivity index (χ2v) is 7.98. The van der Waals surface area contributed by atoms with Gasteiger partial charge in [-0.1, -0.05) is 6.07 Å². The number of aliphatic hydroxyl groups is 5. The summed E-state index contributed by atoms with van der Waals surface area (Å²) in [6, 6.07) is 7.14. The number of benzene rings is 2. The van der Waals surface area contributed by atoms with Crippen LogP contribution in [0.15, 0.2) is 30.3 Å². The molecule has 2 aliphatic heterocycles. The van der Waals surface area contributed by atoms with Gasteiger partial charge in [0.1, 0.15) is 47.8 Å². The van der Waals surface area contributed by atoms with Gasteiger partial charge in [0.05, 0.1) is 19.8 Å². The standard InChI is InChI=1S/C22H26O11/c1-30-14-3-2-9(4-12(14)25)21-13(26)7-11-15(31-21)5-10(24)6-16(11)32-22-20(29)19(28)18(27)17(8-23)33-22/h2-6,13,17-29H,7-8H2,1H3. The fraction of sp³-hybridized carbons (Fsp3) is 0.455. The Balaban J connectivity index is 1.61. The number of hydrogen-bond donors (Lipinski definition) is 7. The Morgan fingerprint density at radius 3 is 2.39 bits per heavy atom. The Morgan fingerprint density at radius 1 is 0.970 bits per heavy atom. The first-order valence-corrected chi connectivity index (χ1v) is 10.3. The van der Waals surface area contributed by atoms with Crippen LogP contribution in [0.25, 0.3) is 0 Å². The molecule has 7 N–H and O–H groups in total. The number of fused-ring (bicyclic) bond motifs is 1. The number of aliphatic hydroxyl groups excluding tert-OH is 5. The van der Waals surface area contributed by atoms with Crippen LogP contribution in [0.4, 0.5) is 0 Å². The highest BCUT2D eigenvalue weighted by Crippen LogP contribution is 2.44. The lowest BCUT2D eigenvalue weighted by Crippen LogP contribution is -2.60. The van der Waals surface area contributed by atoms with Gasteiger partial charge in [-0.2, -0.15) is 0 Å². The summed E-state index contributed by atoms with van der Waals surface area (Å²) >= 11 is 0. The van der Waals surface area contributed by atoms with Crippen LogP contribution in [0.5, 0.6) is 28.7 Å². The molecule has 2 aromatic rings. The Morgan fingerprint density at radius 2 is 1.73 bits per heavy atom. The fourth-order valence-corrected chi connectivity index (χ4v) is 4.01. The summed E-state index contributed by atoms with van der Waals surface area (Å²) in [7, 11) is 1.41. The Kier molecular flexibility index (Phi) is 6.52. The smallest absolute Gasteiger partial charge is 0.229 e. The van der Waals surface area contributed by atoms with Gasteiger partial charge in [0, 0.05) is 24.1 Å². The number of aromatic hydroxyl groups is 2. The summed E-state index contributed by atoms with van der Waals surface area (Å²) in [6.45, 7) is -0.624. The first-order valence-electron chi connectivity index (χ1n) is 10.3. The normalized spacial score (nSPS) is 31.4. The topological polar surface area (TPSA) is 179 Å². The number of rotatable bonds is 5. The number of ether oxygens (including phenoxy) is 4. The molecule has 2 aromatic carbocycles. The van der Waals surface area contributed by atoms with Crippen LogP contribution in [0, 0.1) is 0 Å². The molecule has 0 amide bonds. The highest BCUT2D eigenvalue weighted by molar-refractivity contribution is 5.53. The number of hydrogen-bond acceptors (Lipinski definition) is 11. The second-order valence-electron chi connectivity index (χ2n) is 7.98. The minimum atomic E-state index is -1.65. The van der Waals surface area contributed by atoms with E-state index in [0.29, 0.717) is 11.1 Å². The van der Waals surface area contributed by atoms with Crippen LogP contribution in [0.3, 0.4) is 0 Å². The molecule has 2 aliphatic rings. The molecule has 0 aromatic heterocycles. The van der Waals surface area contributed by atoms with Crippen LogP contribution in [-0.2, 0) is 11.2 Å². The van der Waals surface area contributed by atoms with Crippen LogP contribution >= 0.6 is 0 Å². The predicted molar refractivity (Wildman–Crippen MR) is 110 cm³/mol. The molecule has 11 nitrogen and oxygen atoms in total. The van der Waals surface area contributed by atoms with Crippen molar-refractivity contribution >= 4 is 0 Å². The molecule has 1 saturated heterocycles. The van der Waals surface area contributed by atoms with E-state index in [2.05, 4.69) is 0 Å². The third-order valence-corrected chi connectivity index (χ3v) is 5.79. The van der Waals surface area contributed by atoms with Crippen molar-refractivity contribution in [3.05, 3.63) is 41.5 Å². The molecule has 7 atom stereocenters. The molecule has 4 rings (SSSR count). The summed E-state index contributed by atoms with van der Waals surface area (Å²) in [6.07, 6.45) is -9.37. The first-order chi connectivity index (χ1) is 15.7. The molecule has 33 heavy (non-hydrogen) atoms. The van der Waals surface area contributed by atoms with Gasteiger partial charge in [-0.15, -0.1) is 0 Å². The fourth-order valence-electron chi connectivity index (χ4n) is 4.01. The second kappa shape index (κ2) is 9.21. The average Bonchev–Trinajstić information content (AvgIpc) is 2.79. The van der Waals surface area contributed by atoms with Crippen molar-refractivity contribution in [2.45, 2.75) is 49.3 Å². The molecule has 0 bridgehead atoms. The molecule has 180 valence electrons. The maximum absolute atomic E-state index is 10.8. The largest absolute Gasteiger partial charge is 0.508 e. The summed E-state index contributed by atoms with van der Waals surface area (Å²) in [4.78, 5) is 0. The van der Waals surface area contributed by atoms with Gasteiger partial charge in [-0.25, -0.2) is 0 Å². The highest BCUT2D eigenvalue weighted by Gasteiger charge is 2.45. The molecule has 0 aliphatic carbocycles. The molecule has 7 unspecified atom stereocenters. The maximum Gasteiger partial charge on any atom is 0.229 e. The van der Waals surface area contributed by atoms with E-state index in [4.69, 9.17) is 18.9 Å². The summed E-state index contributed by atoms with van der Waals surface area (Å²) in [5.41, 5.74) is 0.845. The van der Waals surface area contributed by atoms with Gasteiger partial charge < -0.3 is 54.7 Å². The zero-order valence-corrected chi connectivity index (χ0v) is 17.6. The zero-order chi connectivity index (χ0) is 23.9. The van der Waals surface area contributed by atoms with Gasteiger partial charge in [0.15, 0.2) is 11.5 Å². The minimum absolute atomic E-state index is 0.0180. The van der Waals surface area contributed by atoms with E-state index in [9.17, 15) is 35.7 Å². The Hall–Kier alpha value is -2.80. The SMILES string of the molecule is COc1ccc(C2Oc3cc(O)cc(OC4OC(CO)C(O)C(O)C4O)c3CC2O)cc1O. The minimum Gasteiger partial charge on any atom is -0.508 e. The van der Waals surface area contributed by atoms with Crippen molar-refractivity contribution in [2.24, 2.45) is 0 Å². The lowest BCUT2D eigenvalue weighted by molar-refractivity contribution is -0.277.